The third-order valence-electron chi connectivity index (χ3n) is 3.50. The summed E-state index contributed by atoms with van der Waals surface area (Å²) in [5.41, 5.74) is 0.992. The Morgan fingerprint density at radius 1 is 1.39 bits per heavy atom. The van der Waals surface area contributed by atoms with Crippen LogP contribution >= 0.6 is 11.6 Å². The van der Waals surface area contributed by atoms with Crippen LogP contribution in [0.2, 0.25) is 5.02 Å². The van der Waals surface area contributed by atoms with E-state index in [4.69, 9.17) is 16.3 Å². The fourth-order valence-electron chi connectivity index (χ4n) is 2.42. The second-order valence-corrected chi connectivity index (χ2v) is 5.05. The van der Waals surface area contributed by atoms with E-state index in [0.717, 1.165) is 44.7 Å². The molecule has 0 bridgehead atoms. The van der Waals surface area contributed by atoms with E-state index in [2.05, 4.69) is 11.8 Å². The average molecular weight is 272 g/mol. The first-order chi connectivity index (χ1) is 8.70. The largest absolute Gasteiger partial charge is 0.381 e. The summed E-state index contributed by atoms with van der Waals surface area (Å²) in [5, 5.41) is 0.514. The minimum atomic E-state index is -0.280. The third kappa shape index (κ3) is 3.44. The molecule has 1 aromatic rings. The van der Waals surface area contributed by atoms with Crippen molar-refractivity contribution in [2.45, 2.75) is 32.4 Å². The van der Waals surface area contributed by atoms with E-state index >= 15 is 0 Å². The molecule has 2 rings (SSSR count). The Morgan fingerprint density at radius 3 is 2.72 bits per heavy atom. The number of hydrogen-bond acceptors (Lipinski definition) is 2. The second-order valence-electron chi connectivity index (χ2n) is 4.64. The summed E-state index contributed by atoms with van der Waals surface area (Å²) in [6.45, 7) is 5.56. The number of halogens is 2. The van der Waals surface area contributed by atoms with E-state index in [1.165, 1.54) is 12.1 Å². The minimum Gasteiger partial charge on any atom is -0.381 e. The zero-order valence-electron chi connectivity index (χ0n) is 10.7. The quantitative estimate of drug-likeness (QED) is 0.831. The van der Waals surface area contributed by atoms with Crippen molar-refractivity contribution in [3.63, 3.8) is 0 Å². The van der Waals surface area contributed by atoms with Crippen molar-refractivity contribution in [3.05, 3.63) is 34.6 Å². The first-order valence-corrected chi connectivity index (χ1v) is 6.84. The molecule has 1 aliphatic heterocycles. The lowest BCUT2D eigenvalue weighted by atomic mass is 10.1. The topological polar surface area (TPSA) is 12.5 Å². The number of benzene rings is 1. The van der Waals surface area contributed by atoms with Crippen molar-refractivity contribution in [2.75, 3.05) is 19.8 Å². The molecule has 4 heteroatoms. The summed E-state index contributed by atoms with van der Waals surface area (Å²) >= 11 is 6.08. The smallest absolute Gasteiger partial charge is 0.124 e. The van der Waals surface area contributed by atoms with Crippen LogP contribution in [-0.2, 0) is 11.3 Å². The lowest BCUT2D eigenvalue weighted by Gasteiger charge is -2.33. The number of nitrogens with zero attached hydrogens (tertiary/aromatic N) is 1. The molecular formula is C14H19ClFNO. The molecular weight excluding hydrogens is 253 g/mol. The van der Waals surface area contributed by atoms with Gasteiger partial charge in [-0.2, -0.15) is 0 Å². The van der Waals surface area contributed by atoms with Gasteiger partial charge < -0.3 is 4.74 Å². The highest BCUT2D eigenvalue weighted by Crippen LogP contribution is 2.22. The van der Waals surface area contributed by atoms with Crippen molar-refractivity contribution in [1.82, 2.24) is 4.90 Å². The minimum absolute atomic E-state index is 0.280. The molecule has 1 saturated heterocycles. The maximum atomic E-state index is 13.0. The Hall–Kier alpha value is -0.640. The Bertz CT molecular complexity index is 393. The molecule has 2 nitrogen and oxygen atoms in total. The van der Waals surface area contributed by atoms with Crippen LogP contribution < -0.4 is 0 Å². The normalized spacial score (nSPS) is 17.3. The summed E-state index contributed by atoms with van der Waals surface area (Å²) in [6, 6.07) is 5.18. The molecule has 0 saturated carbocycles. The number of hydrogen-bond donors (Lipinski definition) is 0. The average Bonchev–Trinajstić information content (AvgIpc) is 2.39. The fourth-order valence-corrected chi connectivity index (χ4v) is 2.65. The molecule has 1 aromatic carbocycles. The summed E-state index contributed by atoms with van der Waals surface area (Å²) in [4.78, 5) is 2.39. The Kier molecular flexibility index (Phi) is 4.98. The Balaban J connectivity index is 2.04. The Labute approximate surface area is 113 Å². The van der Waals surface area contributed by atoms with Crippen LogP contribution in [0.3, 0.4) is 0 Å². The van der Waals surface area contributed by atoms with E-state index in [9.17, 15) is 4.39 Å². The Morgan fingerprint density at radius 2 is 2.11 bits per heavy atom. The van der Waals surface area contributed by atoms with Crippen LogP contribution in [0.25, 0.3) is 0 Å². The monoisotopic (exact) mass is 271 g/mol. The molecule has 1 heterocycles. The molecule has 1 aliphatic rings. The molecule has 0 N–H and O–H groups in total. The van der Waals surface area contributed by atoms with Gasteiger partial charge in [0.15, 0.2) is 0 Å². The summed E-state index contributed by atoms with van der Waals surface area (Å²) in [5.74, 6) is -0.280. The predicted molar refractivity (Wildman–Crippen MR) is 71.3 cm³/mol. The zero-order chi connectivity index (χ0) is 13.0. The fraction of sp³-hybridized carbons (Fsp3) is 0.571. The molecule has 0 aromatic heterocycles. The third-order valence-corrected chi connectivity index (χ3v) is 3.85. The summed E-state index contributed by atoms with van der Waals surface area (Å²) in [6.07, 6.45) is 2.12. The molecule has 0 spiro atoms. The summed E-state index contributed by atoms with van der Waals surface area (Å²) < 4.78 is 18.4. The number of ether oxygens (including phenoxy) is 1. The second kappa shape index (κ2) is 6.50. The van der Waals surface area contributed by atoms with Crippen molar-refractivity contribution >= 4 is 11.6 Å². The molecule has 1 fully saturated rings. The first-order valence-electron chi connectivity index (χ1n) is 6.46. The number of rotatable bonds is 4. The van der Waals surface area contributed by atoms with Crippen molar-refractivity contribution in [1.29, 1.82) is 0 Å². The van der Waals surface area contributed by atoms with E-state index in [1.807, 2.05) is 0 Å². The lowest BCUT2D eigenvalue weighted by Crippen LogP contribution is -2.38. The van der Waals surface area contributed by atoms with Gasteiger partial charge in [-0.3, -0.25) is 4.90 Å². The van der Waals surface area contributed by atoms with Gasteiger partial charge in [0.05, 0.1) is 0 Å². The SMILES string of the molecule is CCN(Cc1ccc(F)cc1Cl)C1CCOCC1. The van der Waals surface area contributed by atoms with E-state index in [1.54, 1.807) is 6.07 Å². The highest BCUT2D eigenvalue weighted by molar-refractivity contribution is 6.31. The van der Waals surface area contributed by atoms with Gasteiger partial charge >= 0.3 is 0 Å². The van der Waals surface area contributed by atoms with Crippen molar-refractivity contribution in [3.8, 4) is 0 Å². The van der Waals surface area contributed by atoms with Crippen LogP contribution in [0.4, 0.5) is 4.39 Å². The van der Waals surface area contributed by atoms with Gasteiger partial charge in [0.25, 0.3) is 0 Å². The zero-order valence-corrected chi connectivity index (χ0v) is 11.4. The van der Waals surface area contributed by atoms with Gasteiger partial charge in [-0.05, 0) is 37.1 Å². The van der Waals surface area contributed by atoms with E-state index < -0.39 is 0 Å². The van der Waals surface area contributed by atoms with Crippen LogP contribution in [-0.4, -0.2) is 30.7 Å². The van der Waals surface area contributed by atoms with Crippen molar-refractivity contribution in [2.24, 2.45) is 0 Å². The van der Waals surface area contributed by atoms with Crippen LogP contribution in [0, 0.1) is 5.82 Å². The van der Waals surface area contributed by atoms with Gasteiger partial charge in [0.2, 0.25) is 0 Å². The van der Waals surface area contributed by atoms with Crippen LogP contribution in [0.1, 0.15) is 25.3 Å². The van der Waals surface area contributed by atoms with E-state index in [0.29, 0.717) is 11.1 Å². The van der Waals surface area contributed by atoms with E-state index in [-0.39, 0.29) is 5.82 Å². The molecule has 100 valence electrons. The first kappa shape index (κ1) is 13.8. The maximum absolute atomic E-state index is 13.0. The van der Waals surface area contributed by atoms with Gasteiger partial charge in [0.1, 0.15) is 5.82 Å². The molecule has 0 radical (unpaired) electrons. The molecule has 0 aliphatic carbocycles. The summed E-state index contributed by atoms with van der Waals surface area (Å²) in [7, 11) is 0. The standard InChI is InChI=1S/C14H19ClFNO/c1-2-17(13-5-7-18-8-6-13)10-11-3-4-12(16)9-14(11)15/h3-4,9,13H,2,5-8,10H2,1H3. The highest BCUT2D eigenvalue weighted by atomic mass is 35.5. The van der Waals surface area contributed by atoms with Gasteiger partial charge in [-0.15, -0.1) is 0 Å². The molecule has 0 amide bonds. The van der Waals surface area contributed by atoms with Gasteiger partial charge in [0, 0.05) is 30.8 Å². The van der Waals surface area contributed by atoms with Crippen LogP contribution in [0.5, 0.6) is 0 Å². The predicted octanol–water partition coefficient (Wildman–Crippen LogP) is 3.48. The van der Waals surface area contributed by atoms with Gasteiger partial charge in [-0.1, -0.05) is 24.6 Å². The highest BCUT2D eigenvalue weighted by Gasteiger charge is 2.20. The van der Waals surface area contributed by atoms with Gasteiger partial charge in [-0.25, -0.2) is 4.39 Å². The van der Waals surface area contributed by atoms with Crippen molar-refractivity contribution < 1.29 is 9.13 Å². The maximum Gasteiger partial charge on any atom is 0.124 e. The van der Waals surface area contributed by atoms with Crippen LogP contribution in [0.15, 0.2) is 18.2 Å². The lowest BCUT2D eigenvalue weighted by molar-refractivity contribution is 0.0330. The molecule has 18 heavy (non-hydrogen) atoms. The molecule has 0 atom stereocenters. The molecule has 0 unspecified atom stereocenters.